The molecule has 1 amide bonds. The van der Waals surface area contributed by atoms with E-state index in [1.54, 1.807) is 9.47 Å². The molecule has 6 nitrogen and oxygen atoms in total. The van der Waals surface area contributed by atoms with Gasteiger partial charge in [-0.05, 0) is 18.6 Å². The van der Waals surface area contributed by atoms with Gasteiger partial charge >= 0.3 is 0 Å². The summed E-state index contributed by atoms with van der Waals surface area (Å²) in [6.45, 7) is 3.40. The number of likely N-dealkylation sites (tertiary alicyclic amines) is 1. The Labute approximate surface area is 179 Å². The second-order valence-electron chi connectivity index (χ2n) is 7.53. The zero-order chi connectivity index (χ0) is 21.3. The summed E-state index contributed by atoms with van der Waals surface area (Å²) in [6.07, 6.45) is 0. The van der Waals surface area contributed by atoms with Crippen molar-refractivity contribution in [3.05, 3.63) is 75.6 Å². The maximum absolute atomic E-state index is 13.2. The average Bonchev–Trinajstić information content (AvgIpc) is 2.73. The number of aryl methyl sites for hydroxylation is 1. The first-order valence-corrected chi connectivity index (χ1v) is 10.3. The number of hydrogen-bond acceptors (Lipinski definition) is 4. The Hall–Kier alpha value is -3.30. The van der Waals surface area contributed by atoms with E-state index in [-0.39, 0.29) is 29.0 Å². The molecule has 0 unspecified atom stereocenters. The number of nitriles is 1. The van der Waals surface area contributed by atoms with Gasteiger partial charge in [0.25, 0.3) is 5.56 Å². The smallest absolute Gasteiger partial charge is 0.271 e. The first-order chi connectivity index (χ1) is 14.5. The summed E-state index contributed by atoms with van der Waals surface area (Å²) in [5.74, 6) is -0.165. The molecule has 30 heavy (non-hydrogen) atoms. The number of aromatic nitrogens is 1. The van der Waals surface area contributed by atoms with E-state index >= 15 is 0 Å². The van der Waals surface area contributed by atoms with Crippen LogP contribution in [-0.2, 0) is 11.3 Å². The highest BCUT2D eigenvalue weighted by Crippen LogP contribution is 2.27. The molecule has 2 heterocycles. The highest BCUT2D eigenvalue weighted by atomic mass is 35.5. The Morgan fingerprint density at radius 1 is 1.20 bits per heavy atom. The third kappa shape index (κ3) is 3.64. The van der Waals surface area contributed by atoms with Crippen molar-refractivity contribution >= 4 is 34.1 Å². The number of para-hydroxylation sites is 1. The largest absolute Gasteiger partial charge is 0.377 e. The summed E-state index contributed by atoms with van der Waals surface area (Å²) in [4.78, 5) is 26.6. The number of alkyl halides is 1. The number of halogens is 1. The van der Waals surface area contributed by atoms with Crippen molar-refractivity contribution in [3.8, 4) is 6.07 Å². The fraction of sp³-hybridized carbons (Fsp3) is 0.261. The maximum Gasteiger partial charge on any atom is 0.271 e. The molecule has 0 radical (unpaired) electrons. The molecule has 0 atom stereocenters. The van der Waals surface area contributed by atoms with Crippen molar-refractivity contribution in [3.63, 3.8) is 0 Å². The summed E-state index contributed by atoms with van der Waals surface area (Å²) >= 11 is 5.61. The van der Waals surface area contributed by atoms with E-state index in [0.717, 1.165) is 22.0 Å². The lowest BCUT2D eigenvalue weighted by molar-refractivity contribution is -0.132. The molecule has 0 saturated carbocycles. The Bertz CT molecular complexity index is 1200. The fourth-order valence-electron chi connectivity index (χ4n) is 3.76. The van der Waals surface area contributed by atoms with Gasteiger partial charge in [0, 0.05) is 18.5 Å². The Morgan fingerprint density at radius 3 is 2.57 bits per heavy atom. The summed E-state index contributed by atoms with van der Waals surface area (Å²) in [6, 6.07) is 17.6. The van der Waals surface area contributed by atoms with E-state index in [4.69, 9.17) is 11.6 Å². The van der Waals surface area contributed by atoms with Gasteiger partial charge in [-0.1, -0.05) is 48.0 Å². The Morgan fingerprint density at radius 2 is 1.90 bits per heavy atom. The van der Waals surface area contributed by atoms with Crippen LogP contribution in [0.1, 0.15) is 16.7 Å². The molecule has 0 bridgehead atoms. The molecule has 4 rings (SSSR count). The topological polar surface area (TPSA) is 78.1 Å². The van der Waals surface area contributed by atoms with Gasteiger partial charge in [0.05, 0.1) is 23.8 Å². The number of carbonyl (C=O) groups excluding carboxylic acids is 1. The number of hydrogen-bond donors (Lipinski definition) is 1. The lowest BCUT2D eigenvalue weighted by atomic mass is 10.0. The molecule has 1 fully saturated rings. The molecule has 3 aromatic rings. The van der Waals surface area contributed by atoms with Crippen molar-refractivity contribution in [2.75, 3.05) is 24.3 Å². The molecule has 1 saturated heterocycles. The predicted molar refractivity (Wildman–Crippen MR) is 118 cm³/mol. The Kier molecular flexibility index (Phi) is 5.47. The minimum absolute atomic E-state index is 0.0278. The maximum atomic E-state index is 13.2. The summed E-state index contributed by atoms with van der Waals surface area (Å²) < 4.78 is 1.65. The van der Waals surface area contributed by atoms with Crippen LogP contribution in [0.5, 0.6) is 0 Å². The lowest BCUT2D eigenvalue weighted by Gasteiger charge is -2.40. The van der Waals surface area contributed by atoms with Crippen molar-refractivity contribution in [2.45, 2.75) is 19.5 Å². The lowest BCUT2D eigenvalue weighted by Crippen LogP contribution is -2.57. The third-order valence-corrected chi connectivity index (χ3v) is 5.67. The minimum atomic E-state index is -0.327. The van der Waals surface area contributed by atoms with Gasteiger partial charge in [0.1, 0.15) is 17.5 Å². The van der Waals surface area contributed by atoms with Crippen LogP contribution in [0, 0.1) is 18.3 Å². The predicted octanol–water partition coefficient (Wildman–Crippen LogP) is 3.09. The van der Waals surface area contributed by atoms with E-state index < -0.39 is 0 Å². The summed E-state index contributed by atoms with van der Waals surface area (Å²) in [7, 11) is 0. The van der Waals surface area contributed by atoms with Crippen molar-refractivity contribution in [1.82, 2.24) is 9.47 Å². The van der Waals surface area contributed by atoms with E-state index in [1.807, 2.05) is 55.5 Å². The van der Waals surface area contributed by atoms with Crippen LogP contribution in [0.3, 0.4) is 0 Å². The number of pyridine rings is 1. The van der Waals surface area contributed by atoms with Gasteiger partial charge in [-0.2, -0.15) is 5.26 Å². The third-order valence-electron chi connectivity index (χ3n) is 5.44. The van der Waals surface area contributed by atoms with E-state index in [1.165, 1.54) is 0 Å². The van der Waals surface area contributed by atoms with Gasteiger partial charge in [-0.3, -0.25) is 9.59 Å². The van der Waals surface area contributed by atoms with Gasteiger partial charge in [-0.15, -0.1) is 11.6 Å². The second kappa shape index (κ2) is 8.21. The molecule has 152 valence electrons. The number of fused-ring (bicyclic) bond motifs is 1. The number of nitrogens with zero attached hydrogens (tertiary/aromatic N) is 3. The van der Waals surface area contributed by atoms with Gasteiger partial charge in [0.2, 0.25) is 5.91 Å². The monoisotopic (exact) mass is 420 g/mol. The van der Waals surface area contributed by atoms with Gasteiger partial charge < -0.3 is 14.8 Å². The molecular weight excluding hydrogens is 400 g/mol. The van der Waals surface area contributed by atoms with Crippen LogP contribution < -0.4 is 10.9 Å². The second-order valence-corrected chi connectivity index (χ2v) is 7.80. The molecule has 2 aromatic carbocycles. The number of rotatable bonds is 5. The first kappa shape index (κ1) is 20.0. The highest BCUT2D eigenvalue weighted by Gasteiger charge is 2.31. The minimum Gasteiger partial charge on any atom is -0.377 e. The van der Waals surface area contributed by atoms with Gasteiger partial charge in [0.15, 0.2) is 0 Å². The fourth-order valence-corrected chi connectivity index (χ4v) is 3.92. The van der Waals surface area contributed by atoms with Crippen molar-refractivity contribution < 1.29 is 4.79 Å². The van der Waals surface area contributed by atoms with Crippen LogP contribution in [0.4, 0.5) is 5.69 Å². The zero-order valence-electron chi connectivity index (χ0n) is 16.6. The molecule has 1 N–H and O–H groups in total. The average molecular weight is 421 g/mol. The number of benzene rings is 2. The van der Waals surface area contributed by atoms with Crippen LogP contribution in [0.15, 0.2) is 53.3 Å². The summed E-state index contributed by atoms with van der Waals surface area (Å²) in [5.41, 5.74) is 3.19. The number of anilines is 1. The SMILES string of the molecule is Cc1ccc(Cn2c(=O)c(C#N)c(NC3CN(C(=O)CCl)C3)c3ccccc32)cc1. The first-order valence-electron chi connectivity index (χ1n) is 9.73. The number of carbonyl (C=O) groups is 1. The highest BCUT2D eigenvalue weighted by molar-refractivity contribution is 6.27. The zero-order valence-corrected chi connectivity index (χ0v) is 17.3. The number of amides is 1. The van der Waals surface area contributed by atoms with E-state index in [2.05, 4.69) is 11.4 Å². The van der Waals surface area contributed by atoms with Crippen LogP contribution >= 0.6 is 11.6 Å². The standard InChI is InChI=1S/C23H21ClN4O2/c1-15-6-8-16(9-7-15)12-28-20-5-3-2-4-18(20)22(19(11-25)23(28)30)26-17-13-27(14-17)21(29)10-24/h2-9,17,26H,10,12-14H2,1H3. The molecule has 1 aromatic heterocycles. The molecule has 7 heteroatoms. The molecule has 0 aliphatic carbocycles. The molecule has 0 spiro atoms. The van der Waals surface area contributed by atoms with Crippen LogP contribution in [-0.4, -0.2) is 40.4 Å². The summed E-state index contributed by atoms with van der Waals surface area (Å²) in [5, 5.41) is 13.9. The van der Waals surface area contributed by atoms with E-state index in [9.17, 15) is 14.9 Å². The molecular formula is C23H21ClN4O2. The van der Waals surface area contributed by atoms with Gasteiger partial charge in [-0.25, -0.2) is 0 Å². The Balaban J connectivity index is 1.74. The van der Waals surface area contributed by atoms with Crippen molar-refractivity contribution in [2.24, 2.45) is 0 Å². The van der Waals surface area contributed by atoms with E-state index in [0.29, 0.717) is 25.3 Å². The van der Waals surface area contributed by atoms with Crippen LogP contribution in [0.2, 0.25) is 0 Å². The van der Waals surface area contributed by atoms with Crippen LogP contribution in [0.25, 0.3) is 10.9 Å². The molecule has 1 aliphatic heterocycles. The quantitative estimate of drug-likeness (QED) is 0.643. The molecule has 1 aliphatic rings. The number of nitrogens with one attached hydrogen (secondary N) is 1. The normalized spacial score (nSPS) is 13.7. The van der Waals surface area contributed by atoms with Crippen molar-refractivity contribution in [1.29, 1.82) is 5.26 Å².